The van der Waals surface area contributed by atoms with E-state index in [4.69, 9.17) is 11.6 Å². The van der Waals surface area contributed by atoms with E-state index in [1.807, 2.05) is 70.8 Å². The Hall–Kier alpha value is -1.07. The molecule has 0 amide bonds. The molecule has 0 saturated heterocycles. The second kappa shape index (κ2) is 10.0. The normalized spacial score (nSPS) is 23.5. The standard InChI is InChI=1S/C24H33ClF6N3P/c1-14(2)33(15(3)4)35(34(16(5)6)17(7)8)22(12-21(22,25)13-32)20-18(23(26,27)28)10-9-11-19(20)24(29,30)31/h9-11,14-17H,12H2,1-8H3. The van der Waals surface area contributed by atoms with Crippen molar-refractivity contribution >= 4 is 19.8 Å². The van der Waals surface area contributed by atoms with Crippen LogP contribution >= 0.6 is 19.8 Å². The molecule has 2 rings (SSSR count). The number of hydrogen-bond acceptors (Lipinski definition) is 3. The minimum Gasteiger partial charge on any atom is -0.264 e. The zero-order valence-corrected chi connectivity index (χ0v) is 22.8. The van der Waals surface area contributed by atoms with Gasteiger partial charge in [0.05, 0.1) is 30.6 Å². The SMILES string of the molecule is CC(C)N(C(C)C)P(N(C(C)C)C(C)C)C1(c2c(C(F)(F)F)cccc2C(F)(F)F)CC1(Cl)C#N. The molecule has 0 radical (unpaired) electrons. The van der Waals surface area contributed by atoms with Gasteiger partial charge in [-0.1, -0.05) is 6.07 Å². The molecular formula is C24H33ClF6N3P. The van der Waals surface area contributed by atoms with Crippen molar-refractivity contribution < 1.29 is 26.3 Å². The fraction of sp³-hybridized carbons (Fsp3) is 0.708. The summed E-state index contributed by atoms with van der Waals surface area (Å²) in [5.74, 6) is 0. The molecule has 11 heteroatoms. The Morgan fingerprint density at radius 1 is 0.829 bits per heavy atom. The molecule has 2 atom stereocenters. The van der Waals surface area contributed by atoms with Gasteiger partial charge in [0.2, 0.25) is 0 Å². The fourth-order valence-electron chi connectivity index (χ4n) is 5.11. The number of hydrogen-bond donors (Lipinski definition) is 0. The van der Waals surface area contributed by atoms with Crippen molar-refractivity contribution in [2.45, 2.75) is 108 Å². The highest BCUT2D eigenvalue weighted by Gasteiger charge is 2.77. The maximum absolute atomic E-state index is 14.3. The Bertz CT molecular complexity index is 888. The minimum atomic E-state index is -5.07. The molecule has 3 nitrogen and oxygen atoms in total. The number of halogens is 7. The summed E-state index contributed by atoms with van der Waals surface area (Å²) >= 11 is 6.70. The topological polar surface area (TPSA) is 30.3 Å². The average Bonchev–Trinajstić information content (AvgIpc) is 3.31. The highest BCUT2D eigenvalue weighted by Crippen LogP contribution is 2.82. The van der Waals surface area contributed by atoms with Gasteiger partial charge in [-0.05, 0) is 79.5 Å². The van der Waals surface area contributed by atoms with E-state index < -0.39 is 47.3 Å². The van der Waals surface area contributed by atoms with Gasteiger partial charge in [-0.2, -0.15) is 31.6 Å². The molecule has 0 heterocycles. The summed E-state index contributed by atoms with van der Waals surface area (Å²) in [7, 11) is -1.96. The maximum Gasteiger partial charge on any atom is 0.416 e. The van der Waals surface area contributed by atoms with Crippen LogP contribution in [-0.2, 0) is 17.5 Å². The lowest BCUT2D eigenvalue weighted by molar-refractivity contribution is -0.144. The number of benzene rings is 1. The van der Waals surface area contributed by atoms with Gasteiger partial charge in [-0.3, -0.25) is 9.34 Å². The number of rotatable bonds is 8. The van der Waals surface area contributed by atoms with Crippen LogP contribution in [0.1, 0.15) is 78.5 Å². The number of nitrogens with zero attached hydrogens (tertiary/aromatic N) is 3. The van der Waals surface area contributed by atoms with Crippen LogP contribution in [0, 0.1) is 11.3 Å². The van der Waals surface area contributed by atoms with Crippen LogP contribution < -0.4 is 0 Å². The third-order valence-electron chi connectivity index (χ3n) is 6.19. The van der Waals surface area contributed by atoms with E-state index in [1.165, 1.54) is 0 Å². The van der Waals surface area contributed by atoms with E-state index in [2.05, 4.69) is 0 Å². The summed E-state index contributed by atoms with van der Waals surface area (Å²) in [4.78, 5) is -1.93. The van der Waals surface area contributed by atoms with E-state index in [0.717, 1.165) is 6.07 Å². The van der Waals surface area contributed by atoms with Crippen molar-refractivity contribution in [3.63, 3.8) is 0 Å². The first-order valence-electron chi connectivity index (χ1n) is 11.5. The van der Waals surface area contributed by atoms with Crippen molar-refractivity contribution in [2.75, 3.05) is 0 Å². The summed E-state index contributed by atoms with van der Waals surface area (Å²) in [5, 5.41) is 8.16. The van der Waals surface area contributed by atoms with E-state index in [1.54, 1.807) is 0 Å². The molecule has 2 unspecified atom stereocenters. The van der Waals surface area contributed by atoms with Crippen LogP contribution in [0.3, 0.4) is 0 Å². The van der Waals surface area contributed by atoms with Gasteiger partial charge in [0.1, 0.15) is 4.87 Å². The van der Waals surface area contributed by atoms with Gasteiger partial charge < -0.3 is 0 Å². The summed E-state index contributed by atoms with van der Waals surface area (Å²) in [6.45, 7) is 14.8. The number of nitriles is 1. The highest BCUT2D eigenvalue weighted by molar-refractivity contribution is 7.55. The Morgan fingerprint density at radius 2 is 1.17 bits per heavy atom. The predicted octanol–water partition coefficient (Wildman–Crippen LogP) is 8.37. The predicted molar refractivity (Wildman–Crippen MR) is 128 cm³/mol. The van der Waals surface area contributed by atoms with Crippen molar-refractivity contribution in [1.29, 1.82) is 5.26 Å². The van der Waals surface area contributed by atoms with E-state index in [-0.39, 0.29) is 30.6 Å². The van der Waals surface area contributed by atoms with Gasteiger partial charge >= 0.3 is 12.4 Å². The van der Waals surface area contributed by atoms with E-state index >= 15 is 0 Å². The molecule has 35 heavy (non-hydrogen) atoms. The van der Waals surface area contributed by atoms with Gasteiger partial charge in [-0.25, -0.2) is 0 Å². The molecule has 198 valence electrons. The third-order valence-corrected chi connectivity index (χ3v) is 11.0. The summed E-state index contributed by atoms with van der Waals surface area (Å²) in [6, 6.07) is 3.07. The van der Waals surface area contributed by atoms with Crippen LogP contribution in [-0.4, -0.2) is 38.4 Å². The maximum atomic E-state index is 14.3. The lowest BCUT2D eigenvalue weighted by Crippen LogP contribution is -2.47. The van der Waals surface area contributed by atoms with Crippen LogP contribution in [0.25, 0.3) is 0 Å². The third kappa shape index (κ3) is 5.32. The van der Waals surface area contributed by atoms with Gasteiger partial charge in [0.25, 0.3) is 0 Å². The van der Waals surface area contributed by atoms with Gasteiger partial charge in [0, 0.05) is 24.2 Å². The first kappa shape index (κ1) is 30.2. The van der Waals surface area contributed by atoms with Crippen LogP contribution in [0.2, 0.25) is 0 Å². The average molecular weight is 544 g/mol. The molecule has 0 spiro atoms. The quantitative estimate of drug-likeness (QED) is 0.187. The molecule has 1 aromatic rings. The first-order valence-corrected chi connectivity index (χ1v) is 13.1. The minimum absolute atomic E-state index is 0.231. The lowest BCUT2D eigenvalue weighted by Gasteiger charge is -2.52. The number of alkyl halides is 7. The molecule has 1 fully saturated rings. The highest BCUT2D eigenvalue weighted by atomic mass is 35.5. The Morgan fingerprint density at radius 3 is 1.40 bits per heavy atom. The zero-order valence-electron chi connectivity index (χ0n) is 21.2. The van der Waals surface area contributed by atoms with Crippen molar-refractivity contribution in [3.05, 3.63) is 34.9 Å². The van der Waals surface area contributed by atoms with Crippen molar-refractivity contribution in [3.8, 4) is 6.07 Å². The second-order valence-electron chi connectivity index (χ2n) is 10.1. The van der Waals surface area contributed by atoms with Gasteiger partial charge in [-0.15, -0.1) is 11.6 Å². The Labute approximate surface area is 210 Å². The van der Waals surface area contributed by atoms with Crippen LogP contribution in [0.15, 0.2) is 18.2 Å². The molecule has 0 N–H and O–H groups in total. The smallest absolute Gasteiger partial charge is 0.264 e. The molecule has 0 bridgehead atoms. The Balaban J connectivity index is 3.15. The monoisotopic (exact) mass is 543 g/mol. The largest absolute Gasteiger partial charge is 0.416 e. The Kier molecular flexibility index (Phi) is 8.62. The van der Waals surface area contributed by atoms with Crippen molar-refractivity contribution in [1.82, 2.24) is 9.34 Å². The molecule has 0 aromatic heterocycles. The fourth-order valence-corrected chi connectivity index (χ4v) is 9.69. The summed E-state index contributed by atoms with van der Waals surface area (Å²) in [6.07, 6.45) is -10.4. The van der Waals surface area contributed by atoms with Gasteiger partial charge in [0.15, 0.2) is 0 Å². The second-order valence-corrected chi connectivity index (χ2v) is 13.0. The molecule has 1 aliphatic carbocycles. The summed E-state index contributed by atoms with van der Waals surface area (Å²) < 4.78 is 89.8. The molecule has 1 aromatic carbocycles. The van der Waals surface area contributed by atoms with Crippen molar-refractivity contribution in [2.24, 2.45) is 0 Å². The zero-order chi connectivity index (χ0) is 27.3. The van der Waals surface area contributed by atoms with E-state index in [9.17, 15) is 31.6 Å². The van der Waals surface area contributed by atoms with Crippen LogP contribution in [0.5, 0.6) is 0 Å². The molecule has 1 aliphatic rings. The van der Waals surface area contributed by atoms with E-state index in [0.29, 0.717) is 12.1 Å². The summed E-state index contributed by atoms with van der Waals surface area (Å²) in [5.41, 5.74) is -3.70. The first-order chi connectivity index (χ1) is 15.8. The molecule has 0 aliphatic heterocycles. The molecular weight excluding hydrogens is 511 g/mol. The molecule has 1 saturated carbocycles. The van der Waals surface area contributed by atoms with Crippen LogP contribution in [0.4, 0.5) is 26.3 Å². The lowest BCUT2D eigenvalue weighted by atomic mass is 9.94.